The van der Waals surface area contributed by atoms with E-state index < -0.39 is 0 Å². The van der Waals surface area contributed by atoms with Gasteiger partial charge >= 0.3 is 0 Å². The van der Waals surface area contributed by atoms with Gasteiger partial charge in [-0.15, -0.1) is 0 Å². The van der Waals surface area contributed by atoms with Crippen LogP contribution in [0.5, 0.6) is 0 Å². The van der Waals surface area contributed by atoms with Crippen molar-refractivity contribution in [2.75, 3.05) is 46.9 Å². The minimum Gasteiger partial charge on any atom is -0.377 e. The monoisotopic (exact) mass is 244 g/mol. The second-order valence-electron chi connectivity index (χ2n) is 4.76. The van der Waals surface area contributed by atoms with Crippen LogP contribution >= 0.6 is 0 Å². The van der Waals surface area contributed by atoms with Crippen LogP contribution in [-0.4, -0.2) is 64.1 Å². The molecular formula is C13H28N2O2. The van der Waals surface area contributed by atoms with Crippen molar-refractivity contribution in [2.45, 2.75) is 38.4 Å². The molecule has 0 saturated carbocycles. The molecule has 0 radical (unpaired) electrons. The molecule has 1 aliphatic heterocycles. The first-order valence-electron chi connectivity index (χ1n) is 6.80. The van der Waals surface area contributed by atoms with E-state index in [-0.39, 0.29) is 12.2 Å². The van der Waals surface area contributed by atoms with E-state index in [0.29, 0.717) is 0 Å². The molecule has 1 saturated heterocycles. The largest absolute Gasteiger partial charge is 0.377 e. The van der Waals surface area contributed by atoms with Crippen molar-refractivity contribution in [1.82, 2.24) is 10.2 Å². The molecule has 4 nitrogen and oxygen atoms in total. The van der Waals surface area contributed by atoms with Crippen LogP contribution in [0.4, 0.5) is 0 Å². The second-order valence-corrected chi connectivity index (χ2v) is 4.76. The molecule has 4 heteroatoms. The Labute approximate surface area is 106 Å². The number of hydrogen-bond acceptors (Lipinski definition) is 4. The van der Waals surface area contributed by atoms with Crippen LogP contribution in [0.2, 0.25) is 0 Å². The SMILES string of the molecule is CCCNCCCCN1CC(OC)C(OC)C1. The third-order valence-electron chi connectivity index (χ3n) is 3.40. The van der Waals surface area contributed by atoms with Crippen LogP contribution in [0, 0.1) is 0 Å². The van der Waals surface area contributed by atoms with E-state index in [1.165, 1.54) is 19.3 Å². The highest BCUT2D eigenvalue weighted by Crippen LogP contribution is 2.15. The number of rotatable bonds is 9. The van der Waals surface area contributed by atoms with E-state index in [0.717, 1.165) is 32.7 Å². The lowest BCUT2D eigenvalue weighted by molar-refractivity contribution is -0.00461. The van der Waals surface area contributed by atoms with Crippen LogP contribution in [0.1, 0.15) is 26.2 Å². The molecule has 0 spiro atoms. The quantitative estimate of drug-likeness (QED) is 0.616. The Kier molecular flexibility index (Phi) is 7.77. The summed E-state index contributed by atoms with van der Waals surface area (Å²) in [5.41, 5.74) is 0. The fourth-order valence-corrected chi connectivity index (χ4v) is 2.34. The number of unbranched alkanes of at least 4 members (excludes halogenated alkanes) is 1. The summed E-state index contributed by atoms with van der Waals surface area (Å²) in [5, 5.41) is 3.43. The first kappa shape index (κ1) is 14.9. The average Bonchev–Trinajstić information content (AvgIpc) is 2.76. The Hall–Kier alpha value is -0.160. The van der Waals surface area contributed by atoms with Gasteiger partial charge in [0.1, 0.15) is 0 Å². The second kappa shape index (κ2) is 8.86. The van der Waals surface area contributed by atoms with Crippen molar-refractivity contribution in [2.24, 2.45) is 0 Å². The summed E-state index contributed by atoms with van der Waals surface area (Å²) in [5.74, 6) is 0. The normalized spacial score (nSPS) is 25.6. The van der Waals surface area contributed by atoms with Crippen LogP contribution in [0.15, 0.2) is 0 Å². The van der Waals surface area contributed by atoms with Crippen molar-refractivity contribution in [3.05, 3.63) is 0 Å². The molecular weight excluding hydrogens is 216 g/mol. The predicted molar refractivity (Wildman–Crippen MR) is 70.4 cm³/mol. The Morgan fingerprint density at radius 3 is 2.24 bits per heavy atom. The molecule has 0 aromatic heterocycles. The highest BCUT2D eigenvalue weighted by atomic mass is 16.5. The Morgan fingerprint density at radius 1 is 1.06 bits per heavy atom. The Bertz CT molecular complexity index is 178. The van der Waals surface area contributed by atoms with Gasteiger partial charge in [-0.3, -0.25) is 4.90 Å². The number of ether oxygens (including phenoxy) is 2. The number of hydrogen-bond donors (Lipinski definition) is 1. The molecule has 0 aliphatic carbocycles. The molecule has 0 aromatic carbocycles. The molecule has 0 aromatic rings. The van der Waals surface area contributed by atoms with E-state index in [2.05, 4.69) is 17.1 Å². The summed E-state index contributed by atoms with van der Waals surface area (Å²) in [6.45, 7) is 7.67. The summed E-state index contributed by atoms with van der Waals surface area (Å²) in [7, 11) is 3.55. The molecule has 1 rings (SSSR count). The summed E-state index contributed by atoms with van der Waals surface area (Å²) in [4.78, 5) is 2.45. The zero-order valence-corrected chi connectivity index (χ0v) is 11.6. The molecule has 2 atom stereocenters. The zero-order chi connectivity index (χ0) is 12.5. The molecule has 2 unspecified atom stereocenters. The van der Waals surface area contributed by atoms with Gasteiger partial charge in [-0.25, -0.2) is 0 Å². The van der Waals surface area contributed by atoms with Gasteiger partial charge in [0.15, 0.2) is 0 Å². The van der Waals surface area contributed by atoms with Gasteiger partial charge in [-0.05, 0) is 38.9 Å². The topological polar surface area (TPSA) is 33.7 Å². The maximum atomic E-state index is 5.43. The number of likely N-dealkylation sites (tertiary alicyclic amines) is 1. The van der Waals surface area contributed by atoms with E-state index in [9.17, 15) is 0 Å². The molecule has 0 bridgehead atoms. The zero-order valence-electron chi connectivity index (χ0n) is 11.6. The van der Waals surface area contributed by atoms with Crippen LogP contribution in [0.25, 0.3) is 0 Å². The van der Waals surface area contributed by atoms with Gasteiger partial charge < -0.3 is 14.8 Å². The molecule has 17 heavy (non-hydrogen) atoms. The Morgan fingerprint density at radius 2 is 1.71 bits per heavy atom. The third kappa shape index (κ3) is 5.34. The lowest BCUT2D eigenvalue weighted by atomic mass is 10.3. The fourth-order valence-electron chi connectivity index (χ4n) is 2.34. The maximum Gasteiger partial charge on any atom is 0.0971 e. The highest BCUT2D eigenvalue weighted by molar-refractivity contribution is 4.85. The first-order chi connectivity index (χ1) is 8.31. The van der Waals surface area contributed by atoms with Gasteiger partial charge in [-0.2, -0.15) is 0 Å². The molecule has 1 heterocycles. The van der Waals surface area contributed by atoms with Crippen LogP contribution in [0.3, 0.4) is 0 Å². The number of nitrogens with zero attached hydrogens (tertiary/aromatic N) is 1. The van der Waals surface area contributed by atoms with E-state index in [1.54, 1.807) is 14.2 Å². The highest BCUT2D eigenvalue weighted by Gasteiger charge is 2.32. The van der Waals surface area contributed by atoms with E-state index in [4.69, 9.17) is 9.47 Å². The molecule has 1 N–H and O–H groups in total. The van der Waals surface area contributed by atoms with E-state index in [1.807, 2.05) is 0 Å². The lowest BCUT2D eigenvalue weighted by Gasteiger charge is -2.14. The van der Waals surface area contributed by atoms with Crippen molar-refractivity contribution in [1.29, 1.82) is 0 Å². The fraction of sp³-hybridized carbons (Fsp3) is 1.00. The van der Waals surface area contributed by atoms with Crippen LogP contribution < -0.4 is 5.32 Å². The standard InChI is InChI=1S/C13H28N2O2/c1-4-7-14-8-5-6-9-15-10-12(16-2)13(11-15)17-3/h12-14H,4-11H2,1-3H3. The van der Waals surface area contributed by atoms with E-state index >= 15 is 0 Å². The minimum absolute atomic E-state index is 0.248. The average molecular weight is 244 g/mol. The minimum atomic E-state index is 0.248. The first-order valence-corrected chi connectivity index (χ1v) is 6.80. The van der Waals surface area contributed by atoms with Crippen LogP contribution in [-0.2, 0) is 9.47 Å². The van der Waals surface area contributed by atoms with Gasteiger partial charge in [0.05, 0.1) is 12.2 Å². The van der Waals surface area contributed by atoms with Crippen molar-refractivity contribution in [3.8, 4) is 0 Å². The summed E-state index contributed by atoms with van der Waals surface area (Å²) < 4.78 is 10.9. The smallest absolute Gasteiger partial charge is 0.0971 e. The van der Waals surface area contributed by atoms with Crippen molar-refractivity contribution < 1.29 is 9.47 Å². The molecule has 0 amide bonds. The summed E-state index contributed by atoms with van der Waals surface area (Å²) in [6.07, 6.45) is 4.23. The maximum absolute atomic E-state index is 5.43. The van der Waals surface area contributed by atoms with Gasteiger partial charge in [-0.1, -0.05) is 6.92 Å². The molecule has 1 fully saturated rings. The third-order valence-corrected chi connectivity index (χ3v) is 3.40. The van der Waals surface area contributed by atoms with Crippen molar-refractivity contribution >= 4 is 0 Å². The molecule has 102 valence electrons. The summed E-state index contributed by atoms with van der Waals surface area (Å²) >= 11 is 0. The van der Waals surface area contributed by atoms with Gasteiger partial charge in [0, 0.05) is 27.3 Å². The van der Waals surface area contributed by atoms with Crippen molar-refractivity contribution in [3.63, 3.8) is 0 Å². The number of methoxy groups -OCH3 is 2. The Balaban J connectivity index is 2.04. The number of nitrogens with one attached hydrogen (secondary N) is 1. The molecule has 1 aliphatic rings. The lowest BCUT2D eigenvalue weighted by Crippen LogP contribution is -2.27. The van der Waals surface area contributed by atoms with Gasteiger partial charge in [0.2, 0.25) is 0 Å². The summed E-state index contributed by atoms with van der Waals surface area (Å²) in [6, 6.07) is 0. The predicted octanol–water partition coefficient (Wildman–Crippen LogP) is 1.11. The van der Waals surface area contributed by atoms with Gasteiger partial charge in [0.25, 0.3) is 0 Å².